The van der Waals surface area contributed by atoms with E-state index in [-0.39, 0.29) is 18.1 Å². The zero-order chi connectivity index (χ0) is 33.0. The maximum atomic E-state index is 13.3. The molecule has 2 heterocycles. The molecule has 3 N–H and O–H groups in total. The van der Waals surface area contributed by atoms with Gasteiger partial charge in [0.15, 0.2) is 0 Å². The molecule has 0 aliphatic carbocycles. The second-order valence-electron chi connectivity index (χ2n) is 11.8. The maximum absolute atomic E-state index is 13.3. The van der Waals surface area contributed by atoms with Gasteiger partial charge in [-0.15, -0.1) is 0 Å². The Bertz CT molecular complexity index is 1850. The zero-order valence-electron chi connectivity index (χ0n) is 27.3. The number of aliphatic hydroxyl groups excluding tert-OH is 1. The molecule has 0 spiro atoms. The lowest BCUT2D eigenvalue weighted by Gasteiger charge is -2.14. The minimum Gasteiger partial charge on any atom is -0.395 e. The molecular weight excluding hydrogens is 588 g/mol. The van der Waals surface area contributed by atoms with E-state index < -0.39 is 0 Å². The fourth-order valence-electron chi connectivity index (χ4n) is 5.67. The summed E-state index contributed by atoms with van der Waals surface area (Å²) in [6.07, 6.45) is 8.96. The SMILES string of the molecule is CCn1nc(-c2cccc(-c3cccc(C(=O)NCCCCCCCN(C)CCO)c3)c2)cc(Nc2cncc3ccccc23)c1=O. The first kappa shape index (κ1) is 33.5. The van der Waals surface area contributed by atoms with Crippen molar-refractivity contribution >= 4 is 28.1 Å². The highest BCUT2D eigenvalue weighted by atomic mass is 16.3. The lowest BCUT2D eigenvalue weighted by atomic mass is 9.99. The highest BCUT2D eigenvalue weighted by molar-refractivity contribution is 5.96. The lowest BCUT2D eigenvalue weighted by Crippen LogP contribution is -2.24. The van der Waals surface area contributed by atoms with Gasteiger partial charge in [0, 0.05) is 47.7 Å². The summed E-state index contributed by atoms with van der Waals surface area (Å²) >= 11 is 0. The Morgan fingerprint density at radius 1 is 0.830 bits per heavy atom. The number of aromatic nitrogens is 3. The van der Waals surface area contributed by atoms with Gasteiger partial charge in [0.25, 0.3) is 11.5 Å². The Kier molecular flexibility index (Phi) is 11.9. The molecule has 3 aromatic carbocycles. The van der Waals surface area contributed by atoms with Crippen molar-refractivity contribution < 1.29 is 9.90 Å². The number of carbonyl (C=O) groups excluding carboxylic acids is 1. The Morgan fingerprint density at radius 2 is 1.57 bits per heavy atom. The minimum atomic E-state index is -0.207. The van der Waals surface area contributed by atoms with Gasteiger partial charge in [0.2, 0.25) is 0 Å². The topological polar surface area (TPSA) is 112 Å². The van der Waals surface area contributed by atoms with Crippen LogP contribution in [0.1, 0.15) is 49.4 Å². The van der Waals surface area contributed by atoms with E-state index in [1.54, 1.807) is 18.5 Å². The van der Waals surface area contributed by atoms with Crippen LogP contribution in [0.5, 0.6) is 0 Å². The van der Waals surface area contributed by atoms with E-state index in [4.69, 9.17) is 5.11 Å². The van der Waals surface area contributed by atoms with Crippen LogP contribution in [-0.2, 0) is 6.54 Å². The average molecular weight is 633 g/mol. The number of anilines is 2. The smallest absolute Gasteiger partial charge is 0.290 e. The summed E-state index contributed by atoms with van der Waals surface area (Å²) in [6.45, 7) is 4.89. The number of nitrogens with zero attached hydrogens (tertiary/aromatic N) is 4. The van der Waals surface area contributed by atoms with Gasteiger partial charge in [-0.3, -0.25) is 14.6 Å². The molecule has 0 unspecified atom stereocenters. The van der Waals surface area contributed by atoms with Crippen LogP contribution in [0.4, 0.5) is 11.4 Å². The minimum absolute atomic E-state index is 0.0797. The quantitative estimate of drug-likeness (QED) is 0.107. The molecule has 0 aliphatic rings. The van der Waals surface area contributed by atoms with Gasteiger partial charge in [-0.1, -0.05) is 73.9 Å². The van der Waals surface area contributed by atoms with Gasteiger partial charge in [-0.05, 0) is 68.8 Å². The van der Waals surface area contributed by atoms with Crippen LogP contribution in [0.25, 0.3) is 33.2 Å². The standard InChI is InChI=1S/C38H44N6O3/c1-3-44-38(47)35(41-36-27-39-26-32-13-7-8-18-33(32)36)25-34(42-44)30-16-11-14-28(23-30)29-15-12-17-31(24-29)37(46)40-19-9-5-4-6-10-20-43(2)21-22-45/h7-8,11-18,23-27,41,45H,3-6,9-10,19-22H2,1-2H3,(H,40,46). The second kappa shape index (κ2) is 16.6. The number of hydrogen-bond donors (Lipinski definition) is 3. The van der Waals surface area contributed by atoms with Crippen LogP contribution in [0.3, 0.4) is 0 Å². The van der Waals surface area contributed by atoms with Gasteiger partial charge >= 0.3 is 0 Å². The van der Waals surface area contributed by atoms with Gasteiger partial charge in [-0.2, -0.15) is 5.10 Å². The van der Waals surface area contributed by atoms with Crippen molar-refractivity contribution in [3.05, 3.63) is 107 Å². The highest BCUT2D eigenvalue weighted by Gasteiger charge is 2.13. The molecule has 0 saturated heterocycles. The first-order valence-electron chi connectivity index (χ1n) is 16.5. The summed E-state index contributed by atoms with van der Waals surface area (Å²) in [5.41, 5.74) is 4.98. The fraction of sp³-hybridized carbons (Fsp3) is 0.316. The second-order valence-corrected chi connectivity index (χ2v) is 11.8. The van der Waals surface area contributed by atoms with Gasteiger partial charge in [0.1, 0.15) is 5.69 Å². The molecule has 5 rings (SSSR count). The van der Waals surface area contributed by atoms with E-state index in [1.807, 2.05) is 86.8 Å². The van der Waals surface area contributed by atoms with Crippen molar-refractivity contribution in [3.63, 3.8) is 0 Å². The number of rotatable bonds is 16. The summed E-state index contributed by atoms with van der Waals surface area (Å²) in [4.78, 5) is 32.7. The number of aliphatic hydroxyl groups is 1. The molecule has 9 heteroatoms. The van der Waals surface area contributed by atoms with E-state index >= 15 is 0 Å². The Balaban J connectivity index is 1.25. The Labute approximate surface area is 276 Å². The van der Waals surface area contributed by atoms with Crippen LogP contribution < -0.4 is 16.2 Å². The first-order valence-corrected chi connectivity index (χ1v) is 16.5. The van der Waals surface area contributed by atoms with Crippen molar-refractivity contribution in [1.29, 1.82) is 0 Å². The van der Waals surface area contributed by atoms with Gasteiger partial charge in [0.05, 0.1) is 24.2 Å². The van der Waals surface area contributed by atoms with Crippen molar-refractivity contribution in [2.24, 2.45) is 0 Å². The van der Waals surface area contributed by atoms with E-state index in [2.05, 4.69) is 25.6 Å². The van der Waals surface area contributed by atoms with Gasteiger partial charge in [-0.25, -0.2) is 4.68 Å². The molecule has 9 nitrogen and oxygen atoms in total. The number of carbonyl (C=O) groups is 1. The number of pyridine rings is 1. The van der Waals surface area contributed by atoms with Gasteiger partial charge < -0.3 is 20.6 Å². The zero-order valence-corrected chi connectivity index (χ0v) is 27.3. The highest BCUT2D eigenvalue weighted by Crippen LogP contribution is 2.29. The van der Waals surface area contributed by atoms with Crippen LogP contribution in [0, 0.1) is 0 Å². The van der Waals surface area contributed by atoms with E-state index in [1.165, 1.54) is 4.68 Å². The monoisotopic (exact) mass is 632 g/mol. The number of nitrogens with one attached hydrogen (secondary N) is 2. The summed E-state index contributed by atoms with van der Waals surface area (Å²) in [5, 5.41) is 22.0. The predicted molar refractivity (Wildman–Crippen MR) is 190 cm³/mol. The molecule has 0 atom stereocenters. The average Bonchev–Trinajstić information content (AvgIpc) is 3.10. The molecule has 5 aromatic rings. The molecule has 0 bridgehead atoms. The number of fused-ring (bicyclic) bond motifs is 1. The summed E-state index contributed by atoms with van der Waals surface area (Å²) in [5.74, 6) is -0.0797. The first-order chi connectivity index (χ1) is 23.0. The van der Waals surface area contributed by atoms with E-state index in [0.717, 1.165) is 78.3 Å². The largest absolute Gasteiger partial charge is 0.395 e. The Morgan fingerprint density at radius 3 is 2.40 bits per heavy atom. The number of aryl methyl sites for hydroxylation is 1. The normalized spacial score (nSPS) is 11.2. The molecule has 1 amide bonds. The lowest BCUT2D eigenvalue weighted by molar-refractivity contribution is 0.0953. The molecule has 47 heavy (non-hydrogen) atoms. The number of likely N-dealkylation sites (N-methyl/N-ethyl adjacent to an activating group) is 1. The Hall–Kier alpha value is -4.86. The van der Waals surface area contributed by atoms with Crippen LogP contribution in [0.15, 0.2) is 96.1 Å². The fourth-order valence-corrected chi connectivity index (χ4v) is 5.67. The third-order valence-corrected chi connectivity index (χ3v) is 8.31. The van der Waals surface area contributed by atoms with E-state index in [0.29, 0.717) is 30.0 Å². The molecule has 0 saturated carbocycles. The third kappa shape index (κ3) is 8.90. The van der Waals surface area contributed by atoms with Crippen molar-refractivity contribution in [3.8, 4) is 22.4 Å². The van der Waals surface area contributed by atoms with Crippen molar-refractivity contribution in [1.82, 2.24) is 25.0 Å². The van der Waals surface area contributed by atoms with Crippen LogP contribution in [-0.4, -0.2) is 64.0 Å². The van der Waals surface area contributed by atoms with E-state index in [9.17, 15) is 9.59 Å². The molecule has 0 radical (unpaired) electrons. The number of amides is 1. The molecule has 0 fully saturated rings. The molecule has 2 aromatic heterocycles. The maximum Gasteiger partial charge on any atom is 0.290 e. The van der Waals surface area contributed by atoms with Crippen LogP contribution in [0.2, 0.25) is 0 Å². The molecule has 0 aliphatic heterocycles. The molecular formula is C38H44N6O3. The molecule has 244 valence electrons. The number of unbranched alkanes of at least 4 members (excludes halogenated alkanes) is 4. The summed E-state index contributed by atoms with van der Waals surface area (Å²) in [6, 6.07) is 25.3. The summed E-state index contributed by atoms with van der Waals surface area (Å²) in [7, 11) is 2.03. The van der Waals surface area contributed by atoms with Crippen molar-refractivity contribution in [2.75, 3.05) is 38.6 Å². The summed E-state index contributed by atoms with van der Waals surface area (Å²) < 4.78 is 1.46. The van der Waals surface area contributed by atoms with Crippen LogP contribution >= 0.6 is 0 Å². The van der Waals surface area contributed by atoms with Crippen molar-refractivity contribution in [2.45, 2.75) is 45.6 Å². The number of hydrogen-bond acceptors (Lipinski definition) is 7. The predicted octanol–water partition coefficient (Wildman–Crippen LogP) is 6.49. The number of benzene rings is 3. The third-order valence-electron chi connectivity index (χ3n) is 8.31.